The van der Waals surface area contributed by atoms with Crippen LogP contribution in [0.5, 0.6) is 0 Å². The quantitative estimate of drug-likeness (QED) is 0.528. The molecule has 0 rings (SSSR count). The first-order chi connectivity index (χ1) is 2.45. The predicted octanol–water partition coefficient (Wildman–Crippen LogP) is 4.13. The SMILES string of the molecule is [Cl][Au]([Cl])([Cl])([Cl])([Cl])[Cl]. The molecule has 7 heteroatoms. The molecule has 0 aliphatic heterocycles. The number of rotatable bonds is 0. The van der Waals surface area contributed by atoms with Gasteiger partial charge in [0.25, 0.3) is 0 Å². The zero-order chi connectivity index (χ0) is 6.41. The van der Waals surface area contributed by atoms with E-state index in [1.165, 1.54) is 0 Å². The zero-order valence-corrected chi connectivity index (χ0v) is 9.27. The van der Waals surface area contributed by atoms with Crippen molar-refractivity contribution in [3.8, 4) is 0 Å². The molecular formula is AuCl6. The second kappa shape index (κ2) is 1.55. The van der Waals surface area contributed by atoms with Crippen molar-refractivity contribution < 1.29 is 8.02 Å². The minimum absolute atomic E-state index is 5.05. The Bertz CT molecular complexity index is 62.7. The van der Waals surface area contributed by atoms with E-state index < -0.39 is 8.02 Å². The third-order valence-corrected chi connectivity index (χ3v) is 0. The Balaban J connectivity index is 4.43. The van der Waals surface area contributed by atoms with Crippen molar-refractivity contribution in [1.29, 1.82) is 0 Å². The van der Waals surface area contributed by atoms with E-state index in [2.05, 4.69) is 0 Å². The second-order valence-corrected chi connectivity index (χ2v) is 47.6. The van der Waals surface area contributed by atoms with Gasteiger partial charge in [-0.2, -0.15) is 0 Å². The molecule has 0 aliphatic rings. The zero-order valence-electron chi connectivity index (χ0n) is 2.57. The Morgan fingerprint density at radius 2 is 0.571 bits per heavy atom. The fourth-order valence-electron chi connectivity index (χ4n) is 0. The topological polar surface area (TPSA) is 0 Å². The molecule has 0 atom stereocenters. The summed E-state index contributed by atoms with van der Waals surface area (Å²) in [6.07, 6.45) is 0. The van der Waals surface area contributed by atoms with E-state index >= 15 is 0 Å². The van der Waals surface area contributed by atoms with Gasteiger partial charge in [0.15, 0.2) is 0 Å². The first kappa shape index (κ1) is 9.48. The molecule has 0 saturated heterocycles. The molecule has 7 heavy (non-hydrogen) atoms. The summed E-state index contributed by atoms with van der Waals surface area (Å²) >= 11 is 0. The molecule has 0 bridgehead atoms. The summed E-state index contributed by atoms with van der Waals surface area (Å²) < 4.78 is 0. The Morgan fingerprint density at radius 3 is 0.571 bits per heavy atom. The molecule has 0 amide bonds. The van der Waals surface area contributed by atoms with Gasteiger partial charge in [-0.3, -0.25) is 0 Å². The van der Waals surface area contributed by atoms with Gasteiger partial charge in [0.2, 0.25) is 0 Å². The van der Waals surface area contributed by atoms with Gasteiger partial charge in [0, 0.05) is 0 Å². The van der Waals surface area contributed by atoms with Crippen LogP contribution in [-0.2, 0) is 8.02 Å². The van der Waals surface area contributed by atoms with Crippen molar-refractivity contribution >= 4 is 55.1 Å². The van der Waals surface area contributed by atoms with Crippen LogP contribution in [0.15, 0.2) is 0 Å². The number of hydrogen-bond donors (Lipinski definition) is 0. The molecule has 0 aromatic heterocycles. The molecule has 0 aliphatic carbocycles. The van der Waals surface area contributed by atoms with Crippen molar-refractivity contribution in [2.45, 2.75) is 0 Å². The summed E-state index contributed by atoms with van der Waals surface area (Å²) in [6, 6.07) is 0. The summed E-state index contributed by atoms with van der Waals surface area (Å²) in [5.41, 5.74) is 0. The molecule has 0 N–H and O–H groups in total. The van der Waals surface area contributed by atoms with Crippen molar-refractivity contribution in [3.63, 3.8) is 0 Å². The van der Waals surface area contributed by atoms with Crippen LogP contribution in [0.1, 0.15) is 0 Å². The van der Waals surface area contributed by atoms with Crippen molar-refractivity contribution in [2.75, 3.05) is 0 Å². The summed E-state index contributed by atoms with van der Waals surface area (Å²) in [7, 11) is 25.0. The molecule has 0 radical (unpaired) electrons. The summed E-state index contributed by atoms with van der Waals surface area (Å²) in [5, 5.41) is 0. The molecular weight excluding hydrogens is 410 g/mol. The van der Waals surface area contributed by atoms with Crippen LogP contribution in [0.4, 0.5) is 0 Å². The third kappa shape index (κ3) is 57.9. The Kier molecular flexibility index (Phi) is 2.10. The fourth-order valence-corrected chi connectivity index (χ4v) is 0. The average Bonchev–Trinajstić information content (AvgIpc) is 0.592. The van der Waals surface area contributed by atoms with Crippen LogP contribution in [0, 0.1) is 0 Å². The van der Waals surface area contributed by atoms with Gasteiger partial charge < -0.3 is 0 Å². The molecule has 0 aromatic carbocycles. The van der Waals surface area contributed by atoms with Gasteiger partial charge in [-0.15, -0.1) is 0 Å². The standard InChI is InChI=1S/Au.6ClH/h;6*1H/q+6;;;;;;/p-6. The molecule has 0 nitrogen and oxygen atoms in total. The Hall–Kier alpha value is 2.48. The number of hydrogen-bond acceptors (Lipinski definition) is 0. The average molecular weight is 410 g/mol. The third-order valence-electron chi connectivity index (χ3n) is 0. The second-order valence-electron chi connectivity index (χ2n) is 0.646. The summed E-state index contributed by atoms with van der Waals surface area (Å²) in [4.78, 5) is 0. The van der Waals surface area contributed by atoms with E-state index in [9.17, 15) is 0 Å². The van der Waals surface area contributed by atoms with Gasteiger partial charge in [-0.1, -0.05) is 0 Å². The van der Waals surface area contributed by atoms with E-state index in [0.717, 1.165) is 0 Å². The van der Waals surface area contributed by atoms with Gasteiger partial charge >= 0.3 is 63.2 Å². The van der Waals surface area contributed by atoms with E-state index in [1.54, 1.807) is 0 Å². The minimum atomic E-state index is -5.24. The molecule has 0 unspecified atom stereocenters. The molecule has 53 valence electrons. The normalized spacial score (nSPS) is 23.1. The summed E-state index contributed by atoms with van der Waals surface area (Å²) in [5.74, 6) is 0. The van der Waals surface area contributed by atoms with Crippen LogP contribution in [0.25, 0.3) is 0 Å². The van der Waals surface area contributed by atoms with Gasteiger partial charge in [0.05, 0.1) is 0 Å². The number of halogens is 6. The maximum atomic E-state index is 5.05. The van der Waals surface area contributed by atoms with Gasteiger partial charge in [0.1, 0.15) is 0 Å². The van der Waals surface area contributed by atoms with E-state index in [-0.39, 0.29) is 0 Å². The molecule has 0 aromatic rings. The molecule has 0 saturated carbocycles. The van der Waals surface area contributed by atoms with Crippen LogP contribution in [0.3, 0.4) is 0 Å². The molecule has 0 fully saturated rings. The Labute approximate surface area is 62.3 Å². The maximum absolute atomic E-state index is 5.24. The van der Waals surface area contributed by atoms with Crippen molar-refractivity contribution in [3.05, 3.63) is 0 Å². The summed E-state index contributed by atoms with van der Waals surface area (Å²) in [6.45, 7) is 0. The first-order valence-corrected chi connectivity index (χ1v) is 16.8. The van der Waals surface area contributed by atoms with Gasteiger partial charge in [-0.05, 0) is 0 Å². The fraction of sp³-hybridized carbons (Fsp3) is 0. The van der Waals surface area contributed by atoms with Crippen molar-refractivity contribution in [2.24, 2.45) is 0 Å². The molecule has 0 heterocycles. The van der Waals surface area contributed by atoms with E-state index in [0.29, 0.717) is 0 Å². The first-order valence-electron chi connectivity index (χ1n) is 0.684. The van der Waals surface area contributed by atoms with Gasteiger partial charge in [-0.25, -0.2) is 0 Å². The van der Waals surface area contributed by atoms with Crippen LogP contribution >= 0.6 is 55.1 Å². The molecule has 0 spiro atoms. The van der Waals surface area contributed by atoms with Crippen molar-refractivity contribution in [1.82, 2.24) is 0 Å². The van der Waals surface area contributed by atoms with Crippen LogP contribution < -0.4 is 0 Å². The van der Waals surface area contributed by atoms with Crippen LogP contribution in [0.2, 0.25) is 0 Å². The monoisotopic (exact) mass is 407 g/mol. The Morgan fingerprint density at radius 1 is 0.571 bits per heavy atom. The van der Waals surface area contributed by atoms with E-state index in [1.807, 2.05) is 0 Å². The van der Waals surface area contributed by atoms with E-state index in [4.69, 9.17) is 55.1 Å². The predicted molar refractivity (Wildman–Crippen MR) is 35.1 cm³/mol. The van der Waals surface area contributed by atoms with Crippen LogP contribution in [-0.4, -0.2) is 0 Å².